The average Bonchev–Trinajstić information content (AvgIpc) is 3.07. The number of anilines is 2. The van der Waals surface area contributed by atoms with Gasteiger partial charge in [0.15, 0.2) is 0 Å². The quantitative estimate of drug-likeness (QED) is 0.728. The van der Waals surface area contributed by atoms with Crippen LogP contribution in [0.4, 0.5) is 11.4 Å². The van der Waals surface area contributed by atoms with Crippen LogP contribution < -0.4 is 14.9 Å². The molecule has 2 aromatic rings. The lowest BCUT2D eigenvalue weighted by atomic mass is 10.1. The largest absolute Gasteiger partial charge is 0.325 e. The zero-order chi connectivity index (χ0) is 21.2. The Kier molecular flexibility index (Phi) is 6.26. The molecule has 1 heterocycles. The number of hydrogen-bond donors (Lipinski definition) is 2. The van der Waals surface area contributed by atoms with Gasteiger partial charge in [-0.15, -0.1) is 0 Å². The van der Waals surface area contributed by atoms with Crippen LogP contribution in [0.2, 0.25) is 5.02 Å². The van der Waals surface area contributed by atoms with E-state index in [1.54, 1.807) is 29.2 Å². The summed E-state index contributed by atoms with van der Waals surface area (Å²) in [6.07, 6.45) is 1.38. The summed E-state index contributed by atoms with van der Waals surface area (Å²) < 4.78 is 27.2. The Morgan fingerprint density at radius 1 is 1.21 bits per heavy atom. The molecule has 2 aromatic carbocycles. The first-order valence-corrected chi connectivity index (χ1v) is 11.0. The predicted molar refractivity (Wildman–Crippen MR) is 113 cm³/mol. The van der Waals surface area contributed by atoms with Gasteiger partial charge in [0.2, 0.25) is 21.8 Å². The van der Waals surface area contributed by atoms with Crippen LogP contribution in [0.1, 0.15) is 25.3 Å². The first-order valence-electron chi connectivity index (χ1n) is 9.17. The van der Waals surface area contributed by atoms with E-state index in [9.17, 15) is 18.0 Å². The SMILES string of the molecule is Cc1cc(NC(=O)[C@H](C)NS(=O)(=O)c2cccc(Cl)c2)ccc1N1CCCC1=O. The van der Waals surface area contributed by atoms with Gasteiger partial charge in [0.25, 0.3) is 0 Å². The molecule has 0 aliphatic carbocycles. The Balaban J connectivity index is 1.68. The minimum absolute atomic E-state index is 0.0138. The van der Waals surface area contributed by atoms with E-state index in [1.165, 1.54) is 25.1 Å². The van der Waals surface area contributed by atoms with Crippen molar-refractivity contribution in [1.29, 1.82) is 0 Å². The van der Waals surface area contributed by atoms with Gasteiger partial charge in [-0.25, -0.2) is 8.42 Å². The number of carbonyl (C=O) groups is 2. The minimum Gasteiger partial charge on any atom is -0.325 e. The monoisotopic (exact) mass is 435 g/mol. The number of nitrogens with zero attached hydrogens (tertiary/aromatic N) is 1. The highest BCUT2D eigenvalue weighted by Crippen LogP contribution is 2.27. The summed E-state index contributed by atoms with van der Waals surface area (Å²) in [6, 6.07) is 10.1. The minimum atomic E-state index is -3.89. The Bertz CT molecular complexity index is 1060. The van der Waals surface area contributed by atoms with Gasteiger partial charge < -0.3 is 10.2 Å². The second-order valence-electron chi connectivity index (χ2n) is 6.94. The molecule has 0 bridgehead atoms. The molecule has 9 heteroatoms. The van der Waals surface area contributed by atoms with Crippen LogP contribution in [-0.4, -0.2) is 32.8 Å². The van der Waals surface area contributed by atoms with Gasteiger partial charge in [-0.2, -0.15) is 4.72 Å². The molecule has 2 amide bonds. The van der Waals surface area contributed by atoms with Gasteiger partial charge in [-0.05, 0) is 62.2 Å². The Morgan fingerprint density at radius 2 is 1.97 bits per heavy atom. The van der Waals surface area contributed by atoms with E-state index in [1.807, 2.05) is 6.92 Å². The maximum Gasteiger partial charge on any atom is 0.242 e. The third-order valence-corrected chi connectivity index (χ3v) is 6.43. The van der Waals surface area contributed by atoms with Gasteiger partial charge in [0, 0.05) is 29.4 Å². The number of carbonyl (C=O) groups excluding carboxylic acids is 2. The zero-order valence-electron chi connectivity index (χ0n) is 16.1. The molecule has 154 valence electrons. The molecule has 2 N–H and O–H groups in total. The topological polar surface area (TPSA) is 95.6 Å². The molecule has 29 heavy (non-hydrogen) atoms. The molecule has 0 aromatic heterocycles. The van der Waals surface area contributed by atoms with Gasteiger partial charge in [-0.3, -0.25) is 9.59 Å². The molecule has 0 unspecified atom stereocenters. The Labute approximate surface area is 175 Å². The number of nitrogens with one attached hydrogen (secondary N) is 2. The summed E-state index contributed by atoms with van der Waals surface area (Å²) in [5, 5.41) is 2.99. The lowest BCUT2D eigenvalue weighted by molar-refractivity contribution is -0.118. The van der Waals surface area contributed by atoms with Crippen molar-refractivity contribution in [2.24, 2.45) is 0 Å². The molecule has 0 radical (unpaired) electrons. The van der Waals surface area contributed by atoms with Crippen molar-refractivity contribution in [2.75, 3.05) is 16.8 Å². The number of amides is 2. The number of sulfonamides is 1. The van der Waals surface area contributed by atoms with E-state index < -0.39 is 22.0 Å². The number of hydrogen-bond acceptors (Lipinski definition) is 4. The molecule has 0 spiro atoms. The summed E-state index contributed by atoms with van der Waals surface area (Å²) in [7, 11) is -3.89. The first-order chi connectivity index (χ1) is 13.7. The van der Waals surface area contributed by atoms with Crippen LogP contribution in [0.3, 0.4) is 0 Å². The van der Waals surface area contributed by atoms with Crippen LogP contribution in [-0.2, 0) is 19.6 Å². The molecule has 7 nitrogen and oxygen atoms in total. The van der Waals surface area contributed by atoms with Crippen LogP contribution in [0, 0.1) is 6.92 Å². The Morgan fingerprint density at radius 3 is 2.59 bits per heavy atom. The smallest absolute Gasteiger partial charge is 0.242 e. The average molecular weight is 436 g/mol. The van der Waals surface area contributed by atoms with Gasteiger partial charge in [0.1, 0.15) is 0 Å². The zero-order valence-corrected chi connectivity index (χ0v) is 17.7. The first kappa shape index (κ1) is 21.3. The highest BCUT2D eigenvalue weighted by Gasteiger charge is 2.24. The third-order valence-electron chi connectivity index (χ3n) is 4.66. The van der Waals surface area contributed by atoms with E-state index in [4.69, 9.17) is 11.6 Å². The van der Waals surface area contributed by atoms with Crippen LogP contribution in [0.15, 0.2) is 47.4 Å². The molecule has 1 aliphatic heterocycles. The van der Waals surface area contributed by atoms with E-state index >= 15 is 0 Å². The normalized spacial score (nSPS) is 15.4. The molecule has 0 saturated carbocycles. The molecule has 1 atom stereocenters. The van der Waals surface area contributed by atoms with Crippen molar-refractivity contribution in [3.8, 4) is 0 Å². The van der Waals surface area contributed by atoms with Crippen molar-refractivity contribution in [2.45, 2.75) is 37.6 Å². The predicted octanol–water partition coefficient (Wildman–Crippen LogP) is 3.08. The van der Waals surface area contributed by atoms with Crippen molar-refractivity contribution in [3.05, 3.63) is 53.1 Å². The number of aryl methyl sites for hydroxylation is 1. The molecule has 1 aliphatic rings. The lowest BCUT2D eigenvalue weighted by Crippen LogP contribution is -2.41. The van der Waals surface area contributed by atoms with Crippen molar-refractivity contribution < 1.29 is 18.0 Å². The fourth-order valence-electron chi connectivity index (χ4n) is 3.18. The second kappa shape index (κ2) is 8.52. The van der Waals surface area contributed by atoms with E-state index in [2.05, 4.69) is 10.0 Å². The summed E-state index contributed by atoms with van der Waals surface area (Å²) in [6.45, 7) is 4.01. The number of rotatable bonds is 6. The van der Waals surface area contributed by atoms with Crippen LogP contribution >= 0.6 is 11.6 Å². The van der Waals surface area contributed by atoms with Gasteiger partial charge >= 0.3 is 0 Å². The summed E-state index contributed by atoms with van der Waals surface area (Å²) in [5.74, 6) is -0.408. The maximum atomic E-state index is 12.5. The molecule has 1 fully saturated rings. The second-order valence-corrected chi connectivity index (χ2v) is 9.09. The highest BCUT2D eigenvalue weighted by molar-refractivity contribution is 7.89. The lowest BCUT2D eigenvalue weighted by Gasteiger charge is -2.20. The molecule has 1 saturated heterocycles. The van der Waals surface area contributed by atoms with Crippen molar-refractivity contribution >= 4 is 44.8 Å². The standard InChI is InChI=1S/C20H22ClN3O4S/c1-13-11-16(8-9-18(13)24-10-4-7-19(24)25)22-20(26)14(2)23-29(27,28)17-6-3-5-15(21)12-17/h3,5-6,8-9,11-12,14,23H,4,7,10H2,1-2H3,(H,22,26)/t14-/m0/s1. The van der Waals surface area contributed by atoms with E-state index in [0.29, 0.717) is 18.7 Å². The maximum absolute atomic E-state index is 12.5. The fourth-order valence-corrected chi connectivity index (χ4v) is 4.68. The number of benzene rings is 2. The summed E-state index contributed by atoms with van der Waals surface area (Å²) in [5.41, 5.74) is 2.20. The molecular formula is C20H22ClN3O4S. The van der Waals surface area contributed by atoms with Gasteiger partial charge in [-0.1, -0.05) is 17.7 Å². The summed E-state index contributed by atoms with van der Waals surface area (Å²) >= 11 is 5.84. The summed E-state index contributed by atoms with van der Waals surface area (Å²) in [4.78, 5) is 26.1. The van der Waals surface area contributed by atoms with E-state index in [-0.39, 0.29) is 15.8 Å². The fraction of sp³-hybridized carbons (Fsp3) is 0.300. The highest BCUT2D eigenvalue weighted by atomic mass is 35.5. The van der Waals surface area contributed by atoms with Crippen LogP contribution in [0.5, 0.6) is 0 Å². The molecular weight excluding hydrogens is 414 g/mol. The van der Waals surface area contributed by atoms with Crippen molar-refractivity contribution in [3.63, 3.8) is 0 Å². The molecule has 3 rings (SSSR count). The van der Waals surface area contributed by atoms with Gasteiger partial charge in [0.05, 0.1) is 10.9 Å². The number of halogens is 1. The third kappa shape index (κ3) is 4.95. The van der Waals surface area contributed by atoms with Crippen LogP contribution in [0.25, 0.3) is 0 Å². The van der Waals surface area contributed by atoms with Crippen molar-refractivity contribution in [1.82, 2.24) is 4.72 Å². The van der Waals surface area contributed by atoms with E-state index in [0.717, 1.165) is 17.7 Å². The Hall–Kier alpha value is -2.42.